The highest BCUT2D eigenvalue weighted by molar-refractivity contribution is 5.56. The van der Waals surface area contributed by atoms with E-state index in [0.717, 1.165) is 19.5 Å². The van der Waals surface area contributed by atoms with E-state index in [-0.39, 0.29) is 0 Å². The number of hydrogen-bond donors (Lipinski definition) is 1. The maximum atomic E-state index is 6.13. The first-order valence-corrected chi connectivity index (χ1v) is 8.24. The van der Waals surface area contributed by atoms with Gasteiger partial charge in [0.1, 0.15) is 0 Å². The molecule has 1 unspecified atom stereocenters. The summed E-state index contributed by atoms with van der Waals surface area (Å²) in [7, 11) is 4.38. The van der Waals surface area contributed by atoms with Crippen LogP contribution in [0.4, 0.5) is 5.69 Å². The van der Waals surface area contributed by atoms with Gasteiger partial charge in [-0.2, -0.15) is 0 Å². The summed E-state index contributed by atoms with van der Waals surface area (Å²) in [5.41, 5.74) is 10.5. The van der Waals surface area contributed by atoms with Crippen LogP contribution in [0.15, 0.2) is 18.2 Å². The van der Waals surface area contributed by atoms with E-state index >= 15 is 0 Å². The number of benzene rings is 1. The van der Waals surface area contributed by atoms with Crippen molar-refractivity contribution in [3.8, 4) is 0 Å². The van der Waals surface area contributed by atoms with E-state index in [1.165, 1.54) is 36.2 Å². The Bertz CT molecular complexity index is 456. The van der Waals surface area contributed by atoms with E-state index in [4.69, 9.17) is 5.73 Å². The normalized spacial score (nSPS) is 16.4. The van der Waals surface area contributed by atoms with Gasteiger partial charge in [0.25, 0.3) is 0 Å². The quantitative estimate of drug-likeness (QED) is 0.874. The van der Waals surface area contributed by atoms with E-state index in [2.05, 4.69) is 55.9 Å². The van der Waals surface area contributed by atoms with Crippen LogP contribution in [-0.4, -0.2) is 38.1 Å². The van der Waals surface area contributed by atoms with Crippen LogP contribution in [-0.2, 0) is 13.0 Å². The Hall–Kier alpha value is -1.06. The van der Waals surface area contributed by atoms with Gasteiger partial charge in [0.2, 0.25) is 0 Å². The zero-order valence-electron chi connectivity index (χ0n) is 14.1. The first-order chi connectivity index (χ1) is 9.97. The summed E-state index contributed by atoms with van der Waals surface area (Å²) in [5.74, 6) is 0.567. The number of nitrogens with two attached hydrogens (primary N) is 1. The minimum atomic E-state index is 0.310. The highest BCUT2D eigenvalue weighted by Gasteiger charge is 2.14. The third-order valence-corrected chi connectivity index (χ3v) is 4.65. The van der Waals surface area contributed by atoms with Crippen LogP contribution in [0.5, 0.6) is 0 Å². The Balaban J connectivity index is 1.91. The van der Waals surface area contributed by atoms with Gasteiger partial charge < -0.3 is 15.5 Å². The van der Waals surface area contributed by atoms with Crippen LogP contribution in [0.1, 0.15) is 37.8 Å². The zero-order chi connectivity index (χ0) is 15.4. The number of fused-ring (bicyclic) bond motifs is 1. The SMILES string of the molecule is CC(C)C(N)CCN(C)Cc1ccc2c(c1)CCCN2C. The zero-order valence-corrected chi connectivity index (χ0v) is 14.1. The fraction of sp³-hybridized carbons (Fsp3) is 0.667. The molecule has 0 amide bonds. The Morgan fingerprint density at radius 2 is 2.10 bits per heavy atom. The molecule has 118 valence electrons. The van der Waals surface area contributed by atoms with Crippen molar-refractivity contribution >= 4 is 5.69 Å². The minimum absolute atomic E-state index is 0.310. The third-order valence-electron chi connectivity index (χ3n) is 4.65. The number of hydrogen-bond acceptors (Lipinski definition) is 3. The van der Waals surface area contributed by atoms with Crippen molar-refractivity contribution in [2.75, 3.05) is 32.1 Å². The summed E-state index contributed by atoms with van der Waals surface area (Å²) in [6.45, 7) is 7.66. The topological polar surface area (TPSA) is 32.5 Å². The lowest BCUT2D eigenvalue weighted by atomic mass is 9.99. The van der Waals surface area contributed by atoms with Gasteiger partial charge in [-0.15, -0.1) is 0 Å². The van der Waals surface area contributed by atoms with Gasteiger partial charge in [0.15, 0.2) is 0 Å². The second-order valence-corrected chi connectivity index (χ2v) is 6.92. The van der Waals surface area contributed by atoms with Crippen molar-refractivity contribution in [3.63, 3.8) is 0 Å². The lowest BCUT2D eigenvalue weighted by Crippen LogP contribution is -2.31. The van der Waals surface area contributed by atoms with Crippen molar-refractivity contribution in [2.45, 2.75) is 45.7 Å². The summed E-state index contributed by atoms with van der Waals surface area (Å²) >= 11 is 0. The summed E-state index contributed by atoms with van der Waals surface area (Å²) < 4.78 is 0. The molecule has 1 atom stereocenters. The maximum Gasteiger partial charge on any atom is 0.0396 e. The van der Waals surface area contributed by atoms with Crippen LogP contribution in [0.25, 0.3) is 0 Å². The van der Waals surface area contributed by atoms with E-state index < -0.39 is 0 Å². The van der Waals surface area contributed by atoms with Crippen LogP contribution in [0.3, 0.4) is 0 Å². The van der Waals surface area contributed by atoms with Gasteiger partial charge in [0, 0.05) is 31.9 Å². The largest absolute Gasteiger partial charge is 0.374 e. The Kier molecular flexibility index (Phi) is 5.65. The fourth-order valence-electron chi connectivity index (χ4n) is 3.03. The standard InChI is InChI=1S/C18H31N3/c1-14(2)17(19)9-11-20(3)13-15-7-8-18-16(12-15)6-5-10-21(18)4/h7-8,12,14,17H,5-6,9-11,13,19H2,1-4H3. The van der Waals surface area contributed by atoms with E-state index in [9.17, 15) is 0 Å². The van der Waals surface area contributed by atoms with E-state index in [1.807, 2.05) is 0 Å². The Labute approximate surface area is 130 Å². The molecule has 3 nitrogen and oxygen atoms in total. The smallest absolute Gasteiger partial charge is 0.0396 e. The molecule has 0 spiro atoms. The van der Waals surface area contributed by atoms with Crippen LogP contribution >= 0.6 is 0 Å². The molecule has 1 aromatic rings. The molecule has 0 saturated carbocycles. The van der Waals surface area contributed by atoms with Gasteiger partial charge in [-0.05, 0) is 56.0 Å². The predicted molar refractivity (Wildman–Crippen MR) is 91.8 cm³/mol. The van der Waals surface area contributed by atoms with Crippen molar-refractivity contribution in [1.29, 1.82) is 0 Å². The highest BCUT2D eigenvalue weighted by Crippen LogP contribution is 2.27. The molecular formula is C18H31N3. The number of rotatable bonds is 6. The number of nitrogens with zero attached hydrogens (tertiary/aromatic N) is 2. The molecule has 0 aliphatic carbocycles. The molecule has 2 N–H and O–H groups in total. The molecule has 2 rings (SSSR count). The highest BCUT2D eigenvalue weighted by atomic mass is 15.1. The summed E-state index contributed by atoms with van der Waals surface area (Å²) in [6.07, 6.45) is 3.56. The molecule has 0 radical (unpaired) electrons. The van der Waals surface area contributed by atoms with Gasteiger partial charge in [-0.3, -0.25) is 0 Å². The molecular weight excluding hydrogens is 258 g/mol. The van der Waals surface area contributed by atoms with Gasteiger partial charge in [-0.1, -0.05) is 26.0 Å². The minimum Gasteiger partial charge on any atom is -0.374 e. The summed E-state index contributed by atoms with van der Waals surface area (Å²) in [6, 6.07) is 7.27. The fourth-order valence-corrected chi connectivity index (χ4v) is 3.03. The molecule has 1 heterocycles. The van der Waals surface area contributed by atoms with Crippen LogP contribution < -0.4 is 10.6 Å². The third kappa shape index (κ3) is 4.45. The van der Waals surface area contributed by atoms with Gasteiger partial charge in [0.05, 0.1) is 0 Å². The lowest BCUT2D eigenvalue weighted by molar-refractivity contribution is 0.296. The van der Waals surface area contributed by atoms with Crippen LogP contribution in [0.2, 0.25) is 0 Å². The predicted octanol–water partition coefficient (Wildman–Crippen LogP) is 2.87. The molecule has 1 aliphatic rings. The van der Waals surface area contributed by atoms with E-state index in [0.29, 0.717) is 12.0 Å². The van der Waals surface area contributed by atoms with Gasteiger partial charge in [-0.25, -0.2) is 0 Å². The molecule has 0 aromatic heterocycles. The summed E-state index contributed by atoms with van der Waals surface area (Å²) in [4.78, 5) is 4.75. The average molecular weight is 289 g/mol. The first kappa shape index (κ1) is 16.3. The number of aryl methyl sites for hydroxylation is 1. The molecule has 1 aliphatic heterocycles. The van der Waals surface area contributed by atoms with Crippen molar-refractivity contribution in [3.05, 3.63) is 29.3 Å². The van der Waals surface area contributed by atoms with Crippen molar-refractivity contribution in [2.24, 2.45) is 11.7 Å². The second-order valence-electron chi connectivity index (χ2n) is 6.92. The number of anilines is 1. The summed E-state index contributed by atoms with van der Waals surface area (Å²) in [5, 5.41) is 0. The van der Waals surface area contributed by atoms with Gasteiger partial charge >= 0.3 is 0 Å². The Morgan fingerprint density at radius 1 is 1.33 bits per heavy atom. The molecule has 0 fully saturated rings. The average Bonchev–Trinajstić information content (AvgIpc) is 2.44. The molecule has 21 heavy (non-hydrogen) atoms. The molecule has 3 heteroatoms. The van der Waals surface area contributed by atoms with Crippen molar-refractivity contribution < 1.29 is 0 Å². The maximum absolute atomic E-state index is 6.13. The molecule has 1 aromatic carbocycles. The molecule has 0 saturated heterocycles. The second kappa shape index (κ2) is 7.28. The van der Waals surface area contributed by atoms with E-state index in [1.54, 1.807) is 0 Å². The molecule has 0 bridgehead atoms. The lowest BCUT2D eigenvalue weighted by Gasteiger charge is -2.28. The van der Waals surface area contributed by atoms with Crippen molar-refractivity contribution in [1.82, 2.24) is 4.90 Å². The first-order valence-electron chi connectivity index (χ1n) is 8.24. The van der Waals surface area contributed by atoms with Crippen LogP contribution in [0, 0.1) is 5.92 Å². The monoisotopic (exact) mass is 289 g/mol. The Morgan fingerprint density at radius 3 is 2.81 bits per heavy atom.